The molecule has 0 aliphatic carbocycles. The SMILES string of the molecule is COC(=O)CO[C@@H]1[C@H](NC(=O)c2cccnc2)[C@H](OC(C)=O)O[C@@H](COC(C)=O)[C@@H]1OC(C)=O. The average molecular weight is 482 g/mol. The first-order valence-electron chi connectivity index (χ1n) is 10.1. The number of esters is 4. The molecule has 1 saturated heterocycles. The fourth-order valence-electron chi connectivity index (χ4n) is 3.14. The van der Waals surface area contributed by atoms with E-state index in [-0.39, 0.29) is 5.56 Å². The van der Waals surface area contributed by atoms with E-state index >= 15 is 0 Å². The summed E-state index contributed by atoms with van der Waals surface area (Å²) in [7, 11) is 1.14. The highest BCUT2D eigenvalue weighted by Crippen LogP contribution is 2.28. The molecule has 0 unspecified atom stereocenters. The van der Waals surface area contributed by atoms with Crippen molar-refractivity contribution in [3.8, 4) is 0 Å². The molecule has 1 aromatic heterocycles. The summed E-state index contributed by atoms with van der Waals surface area (Å²) < 4.78 is 31.6. The number of methoxy groups -OCH3 is 1. The number of carbonyl (C=O) groups excluding carboxylic acids is 5. The van der Waals surface area contributed by atoms with Crippen molar-refractivity contribution in [1.82, 2.24) is 10.3 Å². The summed E-state index contributed by atoms with van der Waals surface area (Å²) >= 11 is 0. The Morgan fingerprint density at radius 2 is 1.74 bits per heavy atom. The first kappa shape index (κ1) is 26.7. The van der Waals surface area contributed by atoms with Crippen molar-refractivity contribution >= 4 is 29.8 Å². The zero-order valence-electron chi connectivity index (χ0n) is 19.0. The van der Waals surface area contributed by atoms with Crippen molar-refractivity contribution in [1.29, 1.82) is 0 Å². The van der Waals surface area contributed by atoms with Gasteiger partial charge in [0.25, 0.3) is 5.91 Å². The second-order valence-electron chi connectivity index (χ2n) is 7.12. The van der Waals surface area contributed by atoms with Gasteiger partial charge in [-0.2, -0.15) is 0 Å². The van der Waals surface area contributed by atoms with Crippen LogP contribution in [-0.4, -0.2) is 85.7 Å². The van der Waals surface area contributed by atoms with Crippen molar-refractivity contribution in [2.45, 2.75) is 51.4 Å². The minimum atomic E-state index is -1.45. The largest absolute Gasteiger partial charge is 0.467 e. The van der Waals surface area contributed by atoms with E-state index < -0.39 is 73.6 Å². The quantitative estimate of drug-likeness (QED) is 0.355. The number of aromatic nitrogens is 1. The summed E-state index contributed by atoms with van der Waals surface area (Å²) in [6, 6.07) is 1.78. The summed E-state index contributed by atoms with van der Waals surface area (Å²) in [5.74, 6) is -3.53. The third-order valence-electron chi connectivity index (χ3n) is 4.52. The summed E-state index contributed by atoms with van der Waals surface area (Å²) in [5, 5.41) is 2.61. The minimum Gasteiger partial charge on any atom is -0.467 e. The molecule has 13 heteroatoms. The maximum Gasteiger partial charge on any atom is 0.331 e. The second-order valence-corrected chi connectivity index (χ2v) is 7.12. The third-order valence-corrected chi connectivity index (χ3v) is 4.52. The van der Waals surface area contributed by atoms with E-state index in [1.807, 2.05) is 0 Å². The molecule has 0 radical (unpaired) electrons. The van der Waals surface area contributed by atoms with E-state index in [0.29, 0.717) is 0 Å². The van der Waals surface area contributed by atoms with Gasteiger partial charge in [0.2, 0.25) is 6.29 Å². The lowest BCUT2D eigenvalue weighted by molar-refractivity contribution is -0.273. The lowest BCUT2D eigenvalue weighted by Gasteiger charge is -2.44. The number of hydrogen-bond donors (Lipinski definition) is 1. The Morgan fingerprint density at radius 3 is 2.29 bits per heavy atom. The van der Waals surface area contributed by atoms with Crippen LogP contribution in [0.1, 0.15) is 31.1 Å². The normalized spacial score (nSPS) is 23.8. The molecule has 1 N–H and O–H groups in total. The molecule has 1 fully saturated rings. The maximum absolute atomic E-state index is 12.8. The molecule has 186 valence electrons. The molecule has 1 aliphatic rings. The number of hydrogen-bond acceptors (Lipinski definition) is 12. The molecule has 0 spiro atoms. The van der Waals surface area contributed by atoms with Crippen LogP contribution >= 0.6 is 0 Å². The Bertz CT molecular complexity index is 892. The number of rotatable bonds is 9. The lowest BCUT2D eigenvalue weighted by atomic mass is 9.95. The molecule has 34 heavy (non-hydrogen) atoms. The molecule has 13 nitrogen and oxygen atoms in total. The van der Waals surface area contributed by atoms with Gasteiger partial charge in [0.05, 0.1) is 12.7 Å². The lowest BCUT2D eigenvalue weighted by Crippen LogP contribution is -2.66. The zero-order valence-corrected chi connectivity index (χ0v) is 19.0. The van der Waals surface area contributed by atoms with Crippen LogP contribution in [0.5, 0.6) is 0 Å². The number of carbonyl (C=O) groups is 5. The van der Waals surface area contributed by atoms with Gasteiger partial charge < -0.3 is 33.7 Å². The highest BCUT2D eigenvalue weighted by atomic mass is 16.7. The summed E-state index contributed by atoms with van der Waals surface area (Å²) in [5.41, 5.74) is 0.168. The molecule has 0 aromatic carbocycles. The Balaban J connectivity index is 2.45. The predicted octanol–water partition coefficient (Wildman–Crippen LogP) is -0.479. The van der Waals surface area contributed by atoms with E-state index in [4.69, 9.17) is 23.7 Å². The van der Waals surface area contributed by atoms with Crippen molar-refractivity contribution in [2.24, 2.45) is 0 Å². The van der Waals surface area contributed by atoms with Crippen molar-refractivity contribution < 1.29 is 52.4 Å². The fraction of sp³-hybridized carbons (Fsp3) is 0.524. The van der Waals surface area contributed by atoms with Crippen molar-refractivity contribution in [3.05, 3.63) is 30.1 Å². The molecular weight excluding hydrogens is 456 g/mol. The molecule has 0 saturated carbocycles. The van der Waals surface area contributed by atoms with Crippen LogP contribution in [0.15, 0.2) is 24.5 Å². The van der Waals surface area contributed by atoms with Crippen molar-refractivity contribution in [2.75, 3.05) is 20.3 Å². The van der Waals surface area contributed by atoms with Crippen LogP contribution < -0.4 is 5.32 Å². The van der Waals surface area contributed by atoms with Gasteiger partial charge >= 0.3 is 23.9 Å². The number of nitrogens with one attached hydrogen (secondary N) is 1. The maximum atomic E-state index is 12.8. The minimum absolute atomic E-state index is 0.168. The van der Waals surface area contributed by atoms with Gasteiger partial charge in [0.15, 0.2) is 6.10 Å². The highest BCUT2D eigenvalue weighted by molar-refractivity contribution is 5.94. The van der Waals surface area contributed by atoms with Gasteiger partial charge in [0.1, 0.15) is 31.5 Å². The first-order chi connectivity index (χ1) is 16.1. The van der Waals surface area contributed by atoms with Crippen LogP contribution in [0.2, 0.25) is 0 Å². The van der Waals surface area contributed by atoms with Crippen LogP contribution in [0.4, 0.5) is 0 Å². The van der Waals surface area contributed by atoms with Gasteiger partial charge in [-0.3, -0.25) is 24.2 Å². The van der Waals surface area contributed by atoms with Crippen LogP contribution in [0.25, 0.3) is 0 Å². The summed E-state index contributed by atoms with van der Waals surface area (Å²) in [4.78, 5) is 63.4. The van der Waals surface area contributed by atoms with E-state index in [0.717, 1.165) is 27.9 Å². The first-order valence-corrected chi connectivity index (χ1v) is 10.1. The van der Waals surface area contributed by atoms with Crippen molar-refractivity contribution in [3.63, 3.8) is 0 Å². The third kappa shape index (κ3) is 7.78. The zero-order chi connectivity index (χ0) is 25.3. The molecule has 2 heterocycles. The van der Waals surface area contributed by atoms with Gasteiger partial charge in [-0.05, 0) is 12.1 Å². The summed E-state index contributed by atoms with van der Waals surface area (Å²) in [6.07, 6.45) is -2.38. The fourth-order valence-corrected chi connectivity index (χ4v) is 3.14. The van der Waals surface area contributed by atoms with Gasteiger partial charge in [0, 0.05) is 33.2 Å². The molecular formula is C21H26N2O11. The smallest absolute Gasteiger partial charge is 0.331 e. The van der Waals surface area contributed by atoms with Crippen LogP contribution in [0, 0.1) is 0 Å². The Labute approximate surface area is 195 Å². The van der Waals surface area contributed by atoms with Gasteiger partial charge in [-0.1, -0.05) is 0 Å². The van der Waals surface area contributed by atoms with E-state index in [1.165, 1.54) is 24.5 Å². The monoisotopic (exact) mass is 482 g/mol. The van der Waals surface area contributed by atoms with Gasteiger partial charge in [-0.25, -0.2) is 4.79 Å². The predicted molar refractivity (Wildman–Crippen MR) is 110 cm³/mol. The highest BCUT2D eigenvalue weighted by Gasteiger charge is 2.51. The Kier molecular flexibility index (Phi) is 9.89. The van der Waals surface area contributed by atoms with Crippen LogP contribution in [-0.2, 0) is 47.6 Å². The van der Waals surface area contributed by atoms with E-state index in [2.05, 4.69) is 15.0 Å². The number of amides is 1. The van der Waals surface area contributed by atoms with Crippen LogP contribution in [0.3, 0.4) is 0 Å². The number of nitrogens with zero attached hydrogens (tertiary/aromatic N) is 1. The second kappa shape index (κ2) is 12.6. The summed E-state index contributed by atoms with van der Waals surface area (Å²) in [6.45, 7) is 2.42. The number of ether oxygens (including phenoxy) is 6. The molecule has 0 bridgehead atoms. The van der Waals surface area contributed by atoms with E-state index in [9.17, 15) is 24.0 Å². The molecule has 1 amide bonds. The van der Waals surface area contributed by atoms with Gasteiger partial charge in [-0.15, -0.1) is 0 Å². The number of pyridine rings is 1. The standard InChI is InChI=1S/C21H26N2O11/c1-11(24)30-9-15-18(32-12(2)25)19(31-10-16(27)29-4)17(21(34-15)33-13(3)26)23-20(28)14-6-5-7-22-8-14/h5-8,15,17-19,21H,9-10H2,1-4H3,(H,23,28)/t15-,17-,18-,19+,21+/m0/s1. The molecule has 2 rings (SSSR count). The molecule has 1 aliphatic heterocycles. The van der Waals surface area contributed by atoms with E-state index in [1.54, 1.807) is 0 Å². The Morgan fingerprint density at radius 1 is 1.03 bits per heavy atom. The molecule has 5 atom stereocenters. The topological polar surface area (TPSA) is 166 Å². The Hall–Kier alpha value is -3.58. The average Bonchev–Trinajstić information content (AvgIpc) is 2.78. The molecule has 1 aromatic rings.